The van der Waals surface area contributed by atoms with Gasteiger partial charge in [-0.1, -0.05) is 26.8 Å². The van der Waals surface area contributed by atoms with Gasteiger partial charge in [0.25, 0.3) is 0 Å². The summed E-state index contributed by atoms with van der Waals surface area (Å²) in [4.78, 5) is 26.6. The molecule has 1 heterocycles. The van der Waals surface area contributed by atoms with E-state index >= 15 is 0 Å². The summed E-state index contributed by atoms with van der Waals surface area (Å²) in [7, 11) is 0. The molecule has 1 unspecified atom stereocenters. The topological polar surface area (TPSA) is 46.6 Å². The Kier molecular flexibility index (Phi) is 4.74. The van der Waals surface area contributed by atoms with E-state index in [1.165, 1.54) is 0 Å². The lowest BCUT2D eigenvalue weighted by molar-refractivity contribution is -0.157. The molecule has 1 amide bonds. The Balaban J connectivity index is 2.38. The van der Waals surface area contributed by atoms with Gasteiger partial charge >= 0.3 is 5.97 Å². The molecule has 4 heteroatoms. The first kappa shape index (κ1) is 16.1. The Morgan fingerprint density at radius 3 is 2.76 bits per heavy atom. The Morgan fingerprint density at radius 1 is 1.43 bits per heavy atom. The maximum absolute atomic E-state index is 12.5. The fourth-order valence-corrected chi connectivity index (χ4v) is 3.59. The van der Waals surface area contributed by atoms with Crippen LogP contribution in [0.2, 0.25) is 0 Å². The number of allylic oxidation sites excluding steroid dienone is 2. The van der Waals surface area contributed by atoms with Crippen molar-refractivity contribution in [1.29, 1.82) is 0 Å². The molecule has 2 rings (SSSR count). The van der Waals surface area contributed by atoms with Gasteiger partial charge in [-0.2, -0.15) is 0 Å². The highest BCUT2D eigenvalue weighted by Crippen LogP contribution is 2.47. The van der Waals surface area contributed by atoms with Crippen LogP contribution in [0.15, 0.2) is 11.8 Å². The fourth-order valence-electron chi connectivity index (χ4n) is 3.59. The highest BCUT2D eigenvalue weighted by atomic mass is 16.5. The average Bonchev–Trinajstić information content (AvgIpc) is 2.42. The number of fused-ring (bicyclic) bond motifs is 1. The van der Waals surface area contributed by atoms with Gasteiger partial charge in [0.15, 0.2) is 0 Å². The number of carbonyl (C=O) groups excluding carboxylic acids is 2. The van der Waals surface area contributed by atoms with Crippen molar-refractivity contribution in [3.05, 3.63) is 11.8 Å². The zero-order chi connectivity index (χ0) is 15.6. The van der Waals surface area contributed by atoms with Crippen LogP contribution in [-0.4, -0.2) is 29.4 Å². The van der Waals surface area contributed by atoms with Gasteiger partial charge in [0.2, 0.25) is 5.91 Å². The molecule has 1 fully saturated rings. The van der Waals surface area contributed by atoms with Crippen molar-refractivity contribution in [2.24, 2.45) is 11.3 Å². The van der Waals surface area contributed by atoms with Crippen LogP contribution in [0, 0.1) is 11.3 Å². The van der Waals surface area contributed by atoms with Crippen molar-refractivity contribution in [2.75, 3.05) is 6.61 Å². The number of nitrogens with zero attached hydrogens (tertiary/aromatic N) is 1. The molecule has 0 aromatic carbocycles. The predicted octanol–water partition coefficient (Wildman–Crippen LogP) is 3.27. The van der Waals surface area contributed by atoms with Gasteiger partial charge in [-0.25, -0.2) is 4.79 Å². The second-order valence-electron chi connectivity index (χ2n) is 6.75. The maximum Gasteiger partial charge on any atom is 0.329 e. The van der Waals surface area contributed by atoms with Crippen LogP contribution in [-0.2, 0) is 14.3 Å². The van der Waals surface area contributed by atoms with E-state index in [1.807, 2.05) is 13.8 Å². The first-order valence-corrected chi connectivity index (χ1v) is 8.10. The lowest BCUT2D eigenvalue weighted by atomic mass is 9.71. The average molecular weight is 293 g/mol. The molecule has 0 saturated carbocycles. The predicted molar refractivity (Wildman–Crippen MR) is 81.4 cm³/mol. The van der Waals surface area contributed by atoms with Crippen molar-refractivity contribution in [3.8, 4) is 0 Å². The van der Waals surface area contributed by atoms with E-state index in [9.17, 15) is 9.59 Å². The van der Waals surface area contributed by atoms with Gasteiger partial charge in [0, 0.05) is 17.5 Å². The number of hydrogen-bond donors (Lipinski definition) is 0. The molecule has 4 nitrogen and oxygen atoms in total. The molecule has 0 aromatic heterocycles. The SMILES string of the molecule is CCOC(=O)[C@H](C(C)C)N1C(=O)CCC2(C)CCCC=C12. The van der Waals surface area contributed by atoms with E-state index in [2.05, 4.69) is 13.0 Å². The smallest absolute Gasteiger partial charge is 0.329 e. The molecule has 0 N–H and O–H groups in total. The highest BCUT2D eigenvalue weighted by Gasteiger charge is 2.46. The molecule has 118 valence electrons. The van der Waals surface area contributed by atoms with Gasteiger partial charge in [-0.05, 0) is 38.5 Å². The zero-order valence-electron chi connectivity index (χ0n) is 13.6. The first-order chi connectivity index (χ1) is 9.90. The standard InChI is InChI=1S/C17H27NO3/c1-5-21-16(20)15(12(2)3)18-13-8-6-7-10-17(13,4)11-9-14(18)19/h8,12,15H,5-7,9-11H2,1-4H3/t15-,17?/m0/s1. The highest BCUT2D eigenvalue weighted by molar-refractivity contribution is 5.87. The number of likely N-dealkylation sites (tertiary alicyclic amines) is 1. The van der Waals surface area contributed by atoms with Crippen LogP contribution >= 0.6 is 0 Å². The monoisotopic (exact) mass is 293 g/mol. The molecule has 2 atom stereocenters. The first-order valence-electron chi connectivity index (χ1n) is 8.10. The molecular weight excluding hydrogens is 266 g/mol. The quantitative estimate of drug-likeness (QED) is 0.747. The molecule has 1 saturated heterocycles. The van der Waals surface area contributed by atoms with Crippen LogP contribution in [0.25, 0.3) is 0 Å². The van der Waals surface area contributed by atoms with Crippen LogP contribution in [0.4, 0.5) is 0 Å². The third-order valence-corrected chi connectivity index (χ3v) is 4.75. The Labute approximate surface area is 127 Å². The van der Waals surface area contributed by atoms with Crippen LogP contribution < -0.4 is 0 Å². The molecule has 0 spiro atoms. The minimum atomic E-state index is -0.499. The number of rotatable bonds is 4. The van der Waals surface area contributed by atoms with E-state index in [-0.39, 0.29) is 23.2 Å². The van der Waals surface area contributed by atoms with Crippen molar-refractivity contribution in [1.82, 2.24) is 4.90 Å². The van der Waals surface area contributed by atoms with Crippen molar-refractivity contribution >= 4 is 11.9 Å². The summed E-state index contributed by atoms with van der Waals surface area (Å²) in [5, 5.41) is 0. The minimum absolute atomic E-state index is 0.0335. The summed E-state index contributed by atoms with van der Waals surface area (Å²) in [6, 6.07) is -0.499. The molecule has 21 heavy (non-hydrogen) atoms. The van der Waals surface area contributed by atoms with Crippen molar-refractivity contribution < 1.29 is 14.3 Å². The van der Waals surface area contributed by atoms with Gasteiger partial charge in [-0.3, -0.25) is 4.79 Å². The molecule has 1 aliphatic carbocycles. The molecule has 2 aliphatic rings. The van der Waals surface area contributed by atoms with Gasteiger partial charge < -0.3 is 9.64 Å². The zero-order valence-corrected chi connectivity index (χ0v) is 13.6. The second-order valence-corrected chi connectivity index (χ2v) is 6.75. The Bertz CT molecular complexity index is 455. The van der Waals surface area contributed by atoms with E-state index in [1.54, 1.807) is 11.8 Å². The van der Waals surface area contributed by atoms with Gasteiger partial charge in [0.1, 0.15) is 6.04 Å². The summed E-state index contributed by atoms with van der Waals surface area (Å²) in [5.74, 6) is -0.179. The largest absolute Gasteiger partial charge is 0.464 e. The molecule has 0 bridgehead atoms. The Hall–Kier alpha value is -1.32. The summed E-state index contributed by atoms with van der Waals surface area (Å²) in [5.41, 5.74) is 1.09. The minimum Gasteiger partial charge on any atom is -0.464 e. The number of carbonyl (C=O) groups is 2. The summed E-state index contributed by atoms with van der Waals surface area (Å²) >= 11 is 0. The fraction of sp³-hybridized carbons (Fsp3) is 0.765. The Morgan fingerprint density at radius 2 is 2.14 bits per heavy atom. The van der Waals surface area contributed by atoms with E-state index in [0.29, 0.717) is 13.0 Å². The number of piperidine rings is 1. The van der Waals surface area contributed by atoms with Crippen LogP contribution in [0.5, 0.6) is 0 Å². The normalized spacial score (nSPS) is 27.2. The third-order valence-electron chi connectivity index (χ3n) is 4.75. The molecule has 1 aliphatic heterocycles. The van der Waals surface area contributed by atoms with E-state index in [0.717, 1.165) is 31.4 Å². The summed E-state index contributed by atoms with van der Waals surface area (Å²) in [6.07, 6.45) is 6.82. The number of hydrogen-bond acceptors (Lipinski definition) is 3. The third kappa shape index (κ3) is 2.99. The summed E-state index contributed by atoms with van der Waals surface area (Å²) in [6.45, 7) is 8.33. The van der Waals surface area contributed by atoms with Crippen molar-refractivity contribution in [3.63, 3.8) is 0 Å². The van der Waals surface area contributed by atoms with Crippen LogP contribution in [0.3, 0.4) is 0 Å². The molecule has 0 radical (unpaired) electrons. The van der Waals surface area contributed by atoms with Gasteiger partial charge in [0.05, 0.1) is 6.61 Å². The lowest BCUT2D eigenvalue weighted by Crippen LogP contribution is -2.54. The molecule has 0 aromatic rings. The maximum atomic E-state index is 12.5. The van der Waals surface area contributed by atoms with E-state index in [4.69, 9.17) is 4.74 Å². The van der Waals surface area contributed by atoms with Crippen LogP contribution in [0.1, 0.15) is 59.8 Å². The molecular formula is C17H27NO3. The second kappa shape index (κ2) is 6.20. The number of ether oxygens (including phenoxy) is 1. The number of amides is 1. The van der Waals surface area contributed by atoms with Crippen molar-refractivity contribution in [2.45, 2.75) is 65.8 Å². The van der Waals surface area contributed by atoms with Gasteiger partial charge in [-0.15, -0.1) is 0 Å². The summed E-state index contributed by atoms with van der Waals surface area (Å²) < 4.78 is 5.22. The lowest BCUT2D eigenvalue weighted by Gasteiger charge is -2.48. The van der Waals surface area contributed by atoms with E-state index < -0.39 is 6.04 Å². The number of esters is 1.